The highest BCUT2D eigenvalue weighted by Crippen LogP contribution is 2.32. The van der Waals surface area contributed by atoms with Crippen molar-refractivity contribution < 1.29 is 0 Å². The Hall–Kier alpha value is -0.940. The molecule has 1 aliphatic carbocycles. The zero-order valence-corrected chi connectivity index (χ0v) is 14.5. The summed E-state index contributed by atoms with van der Waals surface area (Å²) in [6, 6.07) is 6.60. The van der Waals surface area contributed by atoms with Gasteiger partial charge in [0.25, 0.3) is 0 Å². The third kappa shape index (κ3) is 3.29. The first kappa shape index (κ1) is 15.0. The lowest BCUT2D eigenvalue weighted by Crippen LogP contribution is -2.27. The number of fused-ring (bicyclic) bond motifs is 1. The minimum absolute atomic E-state index is 0.547. The average Bonchev–Trinajstić information content (AvgIpc) is 2.51. The number of aromatic nitrogens is 1. The Labute approximate surface area is 138 Å². The average molecular weight is 366 g/mol. The number of rotatable bonds is 3. The monoisotopic (exact) mass is 365 g/mol. The largest absolute Gasteiger partial charge is 0.398 e. The summed E-state index contributed by atoms with van der Waals surface area (Å²) in [5.41, 5.74) is 8.91. The SMILES string of the molecule is CSC1CCC(Nc2ccc(N)c3cc(Br)cnc23)CC1. The highest BCUT2D eigenvalue weighted by atomic mass is 79.9. The molecule has 0 unspecified atom stereocenters. The molecule has 3 nitrogen and oxygen atoms in total. The van der Waals surface area contributed by atoms with Gasteiger partial charge in [0.2, 0.25) is 0 Å². The Morgan fingerprint density at radius 3 is 2.76 bits per heavy atom. The maximum atomic E-state index is 6.07. The van der Waals surface area contributed by atoms with Crippen molar-refractivity contribution in [2.45, 2.75) is 37.0 Å². The molecule has 0 aliphatic heterocycles. The van der Waals surface area contributed by atoms with E-state index in [1.165, 1.54) is 25.7 Å². The second-order valence-electron chi connectivity index (χ2n) is 5.61. The van der Waals surface area contributed by atoms with E-state index in [4.69, 9.17) is 5.73 Å². The maximum Gasteiger partial charge on any atom is 0.0954 e. The van der Waals surface area contributed by atoms with E-state index in [0.717, 1.165) is 32.0 Å². The quantitative estimate of drug-likeness (QED) is 0.776. The van der Waals surface area contributed by atoms with Crippen LogP contribution in [0.15, 0.2) is 28.9 Å². The predicted octanol–water partition coefficient (Wildman–Crippen LogP) is 4.67. The zero-order chi connectivity index (χ0) is 14.8. The van der Waals surface area contributed by atoms with Crippen LogP contribution < -0.4 is 11.1 Å². The van der Waals surface area contributed by atoms with E-state index in [2.05, 4.69) is 38.6 Å². The fourth-order valence-corrected chi connectivity index (χ4v) is 4.07. The van der Waals surface area contributed by atoms with E-state index in [-0.39, 0.29) is 0 Å². The van der Waals surface area contributed by atoms with Crippen LogP contribution in [0.4, 0.5) is 11.4 Å². The van der Waals surface area contributed by atoms with E-state index in [0.29, 0.717) is 6.04 Å². The molecule has 0 spiro atoms. The molecule has 112 valence electrons. The first-order chi connectivity index (χ1) is 10.2. The number of hydrogen-bond acceptors (Lipinski definition) is 4. The fraction of sp³-hybridized carbons (Fsp3) is 0.438. The van der Waals surface area contributed by atoms with Gasteiger partial charge in [-0.05, 0) is 66.1 Å². The van der Waals surface area contributed by atoms with Gasteiger partial charge in [-0.1, -0.05) is 0 Å². The highest BCUT2D eigenvalue weighted by molar-refractivity contribution is 9.10. The second-order valence-corrected chi connectivity index (χ2v) is 7.66. The number of nitrogens with zero attached hydrogens (tertiary/aromatic N) is 1. The summed E-state index contributed by atoms with van der Waals surface area (Å²) in [5.74, 6) is 0. The summed E-state index contributed by atoms with van der Waals surface area (Å²) in [6.45, 7) is 0. The topological polar surface area (TPSA) is 50.9 Å². The van der Waals surface area contributed by atoms with Gasteiger partial charge in [0.15, 0.2) is 0 Å². The van der Waals surface area contributed by atoms with Crippen molar-refractivity contribution in [3.8, 4) is 0 Å². The van der Waals surface area contributed by atoms with Crippen molar-refractivity contribution in [3.63, 3.8) is 0 Å². The van der Waals surface area contributed by atoms with E-state index in [9.17, 15) is 0 Å². The van der Waals surface area contributed by atoms with Crippen LogP contribution in [0.5, 0.6) is 0 Å². The van der Waals surface area contributed by atoms with Gasteiger partial charge in [-0.15, -0.1) is 0 Å². The third-order valence-corrected chi connectivity index (χ3v) is 5.79. The van der Waals surface area contributed by atoms with E-state index >= 15 is 0 Å². The number of halogens is 1. The van der Waals surface area contributed by atoms with Crippen LogP contribution in [0.25, 0.3) is 10.9 Å². The van der Waals surface area contributed by atoms with Crippen LogP contribution in [0.3, 0.4) is 0 Å². The second kappa shape index (κ2) is 6.44. The number of thioether (sulfide) groups is 1. The first-order valence-corrected chi connectivity index (χ1v) is 9.38. The van der Waals surface area contributed by atoms with Gasteiger partial charge in [0, 0.05) is 33.0 Å². The van der Waals surface area contributed by atoms with Crippen LogP contribution in [0.2, 0.25) is 0 Å². The van der Waals surface area contributed by atoms with Crippen molar-refractivity contribution in [1.82, 2.24) is 4.98 Å². The van der Waals surface area contributed by atoms with E-state index < -0.39 is 0 Å². The molecule has 0 bridgehead atoms. The molecule has 1 saturated carbocycles. The van der Waals surface area contributed by atoms with Crippen molar-refractivity contribution >= 4 is 50.0 Å². The summed E-state index contributed by atoms with van der Waals surface area (Å²) in [7, 11) is 0. The molecule has 1 aliphatic rings. The number of nitrogens with one attached hydrogen (secondary N) is 1. The number of anilines is 2. The molecule has 5 heteroatoms. The van der Waals surface area contributed by atoms with Gasteiger partial charge >= 0.3 is 0 Å². The molecule has 0 saturated heterocycles. The fourth-order valence-electron chi connectivity index (χ4n) is 3.00. The van der Waals surface area contributed by atoms with Crippen molar-refractivity contribution in [1.29, 1.82) is 0 Å². The number of nitrogen functional groups attached to an aromatic ring is 1. The molecule has 1 fully saturated rings. The molecule has 1 aromatic heterocycles. The molecule has 3 rings (SSSR count). The predicted molar refractivity (Wildman–Crippen MR) is 97.0 cm³/mol. The van der Waals surface area contributed by atoms with Gasteiger partial charge in [-0.3, -0.25) is 4.98 Å². The van der Waals surface area contributed by atoms with Crippen molar-refractivity contribution in [3.05, 3.63) is 28.9 Å². The summed E-state index contributed by atoms with van der Waals surface area (Å²) in [5, 5.41) is 5.51. The lowest BCUT2D eigenvalue weighted by atomic mass is 9.94. The van der Waals surface area contributed by atoms with E-state index in [1.54, 1.807) is 0 Å². The Balaban J connectivity index is 1.83. The Morgan fingerprint density at radius 2 is 2.05 bits per heavy atom. The van der Waals surface area contributed by atoms with Gasteiger partial charge < -0.3 is 11.1 Å². The smallest absolute Gasteiger partial charge is 0.0954 e. The molecule has 0 radical (unpaired) electrons. The zero-order valence-electron chi connectivity index (χ0n) is 12.1. The highest BCUT2D eigenvalue weighted by Gasteiger charge is 2.21. The number of pyridine rings is 1. The van der Waals surface area contributed by atoms with Gasteiger partial charge in [0.05, 0.1) is 11.2 Å². The Kier molecular flexibility index (Phi) is 4.60. The molecule has 0 amide bonds. The van der Waals surface area contributed by atoms with Crippen molar-refractivity contribution in [2.75, 3.05) is 17.3 Å². The number of hydrogen-bond donors (Lipinski definition) is 2. The van der Waals surface area contributed by atoms with Crippen LogP contribution >= 0.6 is 27.7 Å². The van der Waals surface area contributed by atoms with Crippen LogP contribution in [-0.2, 0) is 0 Å². The van der Waals surface area contributed by atoms with Crippen LogP contribution in [0, 0.1) is 0 Å². The lowest BCUT2D eigenvalue weighted by Gasteiger charge is -2.29. The van der Waals surface area contributed by atoms with Gasteiger partial charge in [-0.2, -0.15) is 11.8 Å². The molecule has 2 aromatic rings. The normalized spacial score (nSPS) is 22.4. The van der Waals surface area contributed by atoms with E-state index in [1.807, 2.05) is 30.1 Å². The number of nitrogens with two attached hydrogens (primary N) is 1. The third-order valence-electron chi connectivity index (χ3n) is 4.22. The molecular formula is C16H20BrN3S. The molecule has 1 aromatic carbocycles. The molecule has 3 N–H and O–H groups in total. The first-order valence-electron chi connectivity index (χ1n) is 7.30. The standard InChI is InChI=1S/C16H20BrN3S/c1-21-12-4-2-11(3-5-12)20-15-7-6-14(18)13-8-10(17)9-19-16(13)15/h6-9,11-12,20H,2-5,18H2,1H3. The maximum absolute atomic E-state index is 6.07. The van der Waals surface area contributed by atoms with Gasteiger partial charge in [0.1, 0.15) is 0 Å². The molecule has 0 atom stereocenters. The summed E-state index contributed by atoms with van der Waals surface area (Å²) >= 11 is 5.46. The lowest BCUT2D eigenvalue weighted by molar-refractivity contribution is 0.473. The molecule has 21 heavy (non-hydrogen) atoms. The van der Waals surface area contributed by atoms with Gasteiger partial charge in [-0.25, -0.2) is 0 Å². The summed E-state index contributed by atoms with van der Waals surface area (Å²) in [4.78, 5) is 4.54. The minimum atomic E-state index is 0.547. The molecular weight excluding hydrogens is 346 g/mol. The van der Waals surface area contributed by atoms with Crippen LogP contribution in [-0.4, -0.2) is 22.5 Å². The Bertz CT molecular complexity index is 639. The van der Waals surface area contributed by atoms with Crippen LogP contribution in [0.1, 0.15) is 25.7 Å². The summed E-state index contributed by atoms with van der Waals surface area (Å²) in [6.07, 6.45) is 9.10. The van der Waals surface area contributed by atoms with Crippen molar-refractivity contribution in [2.24, 2.45) is 0 Å². The number of benzene rings is 1. The minimum Gasteiger partial charge on any atom is -0.398 e. The molecule has 1 heterocycles. The Morgan fingerprint density at radius 1 is 1.29 bits per heavy atom. The summed E-state index contributed by atoms with van der Waals surface area (Å²) < 4.78 is 0.958.